The van der Waals surface area contributed by atoms with Gasteiger partial charge in [-0.1, -0.05) is 6.07 Å². The third kappa shape index (κ3) is 2.31. The van der Waals surface area contributed by atoms with Crippen molar-refractivity contribution in [2.45, 2.75) is 13.8 Å². The van der Waals surface area contributed by atoms with Crippen molar-refractivity contribution in [1.82, 2.24) is 0 Å². The lowest BCUT2D eigenvalue weighted by Gasteiger charge is -2.12. The molecule has 16 heavy (non-hydrogen) atoms. The highest BCUT2D eigenvalue weighted by Crippen LogP contribution is 2.30. The Kier molecular flexibility index (Phi) is 3.69. The quantitative estimate of drug-likeness (QED) is 0.701. The van der Waals surface area contributed by atoms with Gasteiger partial charge in [-0.25, -0.2) is 0 Å². The molecule has 0 atom stereocenters. The standard InChI is InChI=1S/C11H15BO4/c1-3-15-12(16-4-2)9-5-6-10-11(7-9)14-8-13-10/h5-7H,3-4,8H2,1-2H3. The molecule has 0 N–H and O–H groups in total. The molecule has 0 aliphatic carbocycles. The molecule has 1 aromatic carbocycles. The summed E-state index contributed by atoms with van der Waals surface area (Å²) < 4.78 is 21.6. The van der Waals surface area contributed by atoms with Crippen molar-refractivity contribution < 1.29 is 18.8 Å². The predicted molar refractivity (Wildman–Crippen MR) is 61.2 cm³/mol. The minimum absolute atomic E-state index is 0.284. The van der Waals surface area contributed by atoms with Crippen LogP contribution >= 0.6 is 0 Å². The van der Waals surface area contributed by atoms with Gasteiger partial charge in [-0.05, 0) is 31.4 Å². The maximum Gasteiger partial charge on any atom is 0.493 e. The maximum atomic E-state index is 5.51. The lowest BCUT2D eigenvalue weighted by atomic mass is 9.78. The summed E-state index contributed by atoms with van der Waals surface area (Å²) in [7, 11) is -0.329. The SMILES string of the molecule is CCOB(OCC)c1ccc2c(c1)OCO2. The zero-order valence-electron chi connectivity index (χ0n) is 9.56. The second kappa shape index (κ2) is 5.23. The molecule has 0 bridgehead atoms. The van der Waals surface area contributed by atoms with E-state index in [1.807, 2.05) is 32.0 Å². The lowest BCUT2D eigenvalue weighted by Crippen LogP contribution is -2.36. The van der Waals surface area contributed by atoms with Crippen molar-refractivity contribution in [1.29, 1.82) is 0 Å². The van der Waals surface area contributed by atoms with Crippen LogP contribution in [0.2, 0.25) is 0 Å². The topological polar surface area (TPSA) is 36.9 Å². The van der Waals surface area contributed by atoms with Crippen LogP contribution in [-0.2, 0) is 9.31 Å². The molecule has 0 saturated heterocycles. The summed E-state index contributed by atoms with van der Waals surface area (Å²) in [6.07, 6.45) is 0. The van der Waals surface area contributed by atoms with E-state index in [2.05, 4.69) is 0 Å². The number of fused-ring (bicyclic) bond motifs is 1. The normalized spacial score (nSPS) is 12.9. The van der Waals surface area contributed by atoms with Crippen LogP contribution < -0.4 is 14.9 Å². The van der Waals surface area contributed by atoms with E-state index in [0.717, 1.165) is 17.0 Å². The van der Waals surface area contributed by atoms with Gasteiger partial charge in [-0.2, -0.15) is 0 Å². The molecule has 86 valence electrons. The first-order valence-electron chi connectivity index (χ1n) is 5.48. The van der Waals surface area contributed by atoms with E-state index in [1.165, 1.54) is 0 Å². The Morgan fingerprint density at radius 1 is 1.12 bits per heavy atom. The molecule has 1 aromatic rings. The largest absolute Gasteiger partial charge is 0.493 e. The van der Waals surface area contributed by atoms with Gasteiger partial charge < -0.3 is 18.8 Å². The van der Waals surface area contributed by atoms with Crippen molar-refractivity contribution in [3.8, 4) is 11.5 Å². The summed E-state index contributed by atoms with van der Waals surface area (Å²) in [5.41, 5.74) is 0.952. The molecular formula is C11H15BO4. The van der Waals surface area contributed by atoms with Crippen molar-refractivity contribution in [2.24, 2.45) is 0 Å². The Morgan fingerprint density at radius 2 is 1.81 bits per heavy atom. The van der Waals surface area contributed by atoms with Gasteiger partial charge in [0, 0.05) is 13.2 Å². The molecule has 0 spiro atoms. The molecule has 0 aromatic heterocycles. The summed E-state index contributed by atoms with van der Waals surface area (Å²) in [6.45, 7) is 5.39. The second-order valence-corrected chi connectivity index (χ2v) is 3.36. The molecule has 1 aliphatic heterocycles. The van der Waals surface area contributed by atoms with Crippen LogP contribution in [0.15, 0.2) is 18.2 Å². The Labute approximate surface area is 95.6 Å². The third-order valence-corrected chi connectivity index (χ3v) is 2.30. The van der Waals surface area contributed by atoms with Crippen LogP contribution in [0.5, 0.6) is 11.5 Å². The summed E-state index contributed by atoms with van der Waals surface area (Å²) in [4.78, 5) is 0. The van der Waals surface area contributed by atoms with Gasteiger partial charge >= 0.3 is 7.12 Å². The molecule has 0 amide bonds. The molecule has 0 saturated carbocycles. The van der Waals surface area contributed by atoms with Crippen molar-refractivity contribution >= 4 is 12.6 Å². The van der Waals surface area contributed by atoms with E-state index in [4.69, 9.17) is 18.8 Å². The highest BCUT2D eigenvalue weighted by Gasteiger charge is 2.23. The molecule has 5 heteroatoms. The predicted octanol–water partition coefficient (Wildman–Crippen LogP) is 1.18. The highest BCUT2D eigenvalue weighted by molar-refractivity contribution is 6.61. The van der Waals surface area contributed by atoms with Crippen LogP contribution in [0, 0.1) is 0 Å². The Hall–Kier alpha value is -1.20. The average molecular weight is 222 g/mol. The van der Waals surface area contributed by atoms with Crippen molar-refractivity contribution in [2.75, 3.05) is 20.0 Å². The Morgan fingerprint density at radius 3 is 2.50 bits per heavy atom. The number of rotatable bonds is 5. The summed E-state index contributed by atoms with van der Waals surface area (Å²) in [5.74, 6) is 1.53. The van der Waals surface area contributed by atoms with Crippen LogP contribution in [0.1, 0.15) is 13.8 Å². The smallest absolute Gasteiger partial charge is 0.454 e. The fourth-order valence-corrected chi connectivity index (χ4v) is 1.60. The minimum atomic E-state index is -0.329. The van der Waals surface area contributed by atoms with Crippen LogP contribution in [0.3, 0.4) is 0 Å². The second-order valence-electron chi connectivity index (χ2n) is 3.36. The molecule has 1 heterocycles. The number of benzene rings is 1. The first-order chi connectivity index (χ1) is 7.85. The zero-order valence-corrected chi connectivity index (χ0v) is 9.56. The van der Waals surface area contributed by atoms with Gasteiger partial charge in [-0.3, -0.25) is 0 Å². The van der Waals surface area contributed by atoms with Gasteiger partial charge in [0.2, 0.25) is 6.79 Å². The van der Waals surface area contributed by atoms with Gasteiger partial charge in [0.25, 0.3) is 0 Å². The fraction of sp³-hybridized carbons (Fsp3) is 0.455. The minimum Gasteiger partial charge on any atom is -0.454 e. The van der Waals surface area contributed by atoms with Crippen molar-refractivity contribution in [3.05, 3.63) is 18.2 Å². The molecule has 0 radical (unpaired) electrons. The van der Waals surface area contributed by atoms with E-state index in [-0.39, 0.29) is 13.9 Å². The van der Waals surface area contributed by atoms with Crippen LogP contribution in [0.25, 0.3) is 0 Å². The average Bonchev–Trinajstić information content (AvgIpc) is 2.75. The number of hydrogen-bond acceptors (Lipinski definition) is 4. The zero-order chi connectivity index (χ0) is 11.4. The first kappa shape index (κ1) is 11.3. The summed E-state index contributed by atoms with van der Waals surface area (Å²) >= 11 is 0. The van der Waals surface area contributed by atoms with E-state index in [0.29, 0.717) is 13.2 Å². The van der Waals surface area contributed by atoms with Gasteiger partial charge in [0.05, 0.1) is 0 Å². The third-order valence-electron chi connectivity index (χ3n) is 2.30. The monoisotopic (exact) mass is 222 g/mol. The van der Waals surface area contributed by atoms with Gasteiger partial charge in [0.15, 0.2) is 11.5 Å². The first-order valence-corrected chi connectivity index (χ1v) is 5.48. The molecule has 0 fully saturated rings. The molecule has 0 unspecified atom stereocenters. The van der Waals surface area contributed by atoms with E-state index >= 15 is 0 Å². The maximum absolute atomic E-state index is 5.51. The van der Waals surface area contributed by atoms with E-state index < -0.39 is 0 Å². The van der Waals surface area contributed by atoms with Crippen LogP contribution in [0.4, 0.5) is 0 Å². The van der Waals surface area contributed by atoms with E-state index in [9.17, 15) is 0 Å². The Balaban J connectivity index is 2.17. The van der Waals surface area contributed by atoms with E-state index in [1.54, 1.807) is 0 Å². The molecule has 4 nitrogen and oxygen atoms in total. The van der Waals surface area contributed by atoms with Crippen LogP contribution in [-0.4, -0.2) is 27.1 Å². The fourth-order valence-electron chi connectivity index (χ4n) is 1.60. The summed E-state index contributed by atoms with van der Waals surface area (Å²) in [6, 6.07) is 5.71. The number of hydrogen-bond donors (Lipinski definition) is 0. The molecular weight excluding hydrogens is 207 g/mol. The van der Waals surface area contributed by atoms with Gasteiger partial charge in [-0.15, -0.1) is 0 Å². The van der Waals surface area contributed by atoms with Gasteiger partial charge in [0.1, 0.15) is 0 Å². The Bertz CT molecular complexity index is 350. The molecule has 2 rings (SSSR count). The molecule has 1 aliphatic rings. The number of ether oxygens (including phenoxy) is 2. The lowest BCUT2D eigenvalue weighted by molar-refractivity contribution is 0.174. The highest BCUT2D eigenvalue weighted by atomic mass is 16.7. The van der Waals surface area contributed by atoms with Crippen molar-refractivity contribution in [3.63, 3.8) is 0 Å². The summed E-state index contributed by atoms with van der Waals surface area (Å²) in [5, 5.41) is 0.